The van der Waals surface area contributed by atoms with E-state index in [1.54, 1.807) is 0 Å². The summed E-state index contributed by atoms with van der Waals surface area (Å²) in [7, 11) is 0. The molecule has 0 atom stereocenters. The third kappa shape index (κ3) is 1.13. The molecule has 0 spiro atoms. The molecule has 0 nitrogen and oxygen atoms in total. The number of hydrogen-bond acceptors (Lipinski definition) is 0. The van der Waals surface area contributed by atoms with Crippen LogP contribution < -0.4 is 0 Å². The van der Waals surface area contributed by atoms with Crippen LogP contribution in [0, 0.1) is 12.3 Å². The van der Waals surface area contributed by atoms with E-state index in [0.29, 0.717) is 0 Å². The molecule has 10 heavy (non-hydrogen) atoms. The monoisotopic (exact) mass is 153 g/mol. The molecule has 0 bridgehead atoms. The third-order valence-electron chi connectivity index (χ3n) is 2.02. The van der Waals surface area contributed by atoms with Gasteiger partial charge in [-0.3, -0.25) is 0 Å². The van der Waals surface area contributed by atoms with Crippen LogP contribution in [-0.2, 0) is 0 Å². The fourth-order valence-corrected chi connectivity index (χ4v) is 1.60. The van der Waals surface area contributed by atoms with Crippen molar-refractivity contribution in [2.75, 3.05) is 0 Å². The van der Waals surface area contributed by atoms with Crippen molar-refractivity contribution in [3.05, 3.63) is 29.2 Å². The predicted molar refractivity (Wildman–Crippen MR) is 43.7 cm³/mol. The van der Waals surface area contributed by atoms with Crippen molar-refractivity contribution in [1.29, 1.82) is 0 Å². The van der Waals surface area contributed by atoms with Crippen LogP contribution in [0.3, 0.4) is 0 Å². The van der Waals surface area contributed by atoms with Crippen molar-refractivity contribution in [3.8, 4) is 0 Å². The Morgan fingerprint density at radius 1 is 1.40 bits per heavy atom. The number of allylic oxidation sites excluding steroid dienone is 4. The van der Waals surface area contributed by atoms with Gasteiger partial charge >= 0.3 is 0 Å². The van der Waals surface area contributed by atoms with E-state index in [9.17, 15) is 0 Å². The SMILES string of the molecule is ClC1=CC[CH]C=C1C1CC1. The largest absolute Gasteiger partial charge is 0.0844 e. The van der Waals surface area contributed by atoms with Gasteiger partial charge in [0.15, 0.2) is 0 Å². The van der Waals surface area contributed by atoms with Gasteiger partial charge < -0.3 is 0 Å². The molecule has 1 saturated carbocycles. The molecule has 2 aliphatic rings. The zero-order valence-electron chi connectivity index (χ0n) is 5.81. The van der Waals surface area contributed by atoms with E-state index in [-0.39, 0.29) is 0 Å². The van der Waals surface area contributed by atoms with Crippen LogP contribution >= 0.6 is 11.6 Å². The van der Waals surface area contributed by atoms with Crippen molar-refractivity contribution >= 4 is 11.6 Å². The predicted octanol–water partition coefficient (Wildman–Crippen LogP) is 3.05. The zero-order chi connectivity index (χ0) is 6.97. The Balaban J connectivity index is 2.16. The molecule has 1 heteroatoms. The lowest BCUT2D eigenvalue weighted by molar-refractivity contribution is 1.01. The molecule has 0 aromatic rings. The first-order valence-electron chi connectivity index (χ1n) is 3.77. The zero-order valence-corrected chi connectivity index (χ0v) is 6.56. The van der Waals surface area contributed by atoms with Crippen LogP contribution in [0.4, 0.5) is 0 Å². The summed E-state index contributed by atoms with van der Waals surface area (Å²) >= 11 is 5.99. The maximum Gasteiger partial charge on any atom is 0.0398 e. The lowest BCUT2D eigenvalue weighted by atomic mass is 10.0. The summed E-state index contributed by atoms with van der Waals surface area (Å²) in [5.74, 6) is 0.792. The standard InChI is InChI=1S/C9H10Cl/c10-9-4-2-1-3-8(9)7-5-6-7/h1,3-4,7H,2,5-6H2. The van der Waals surface area contributed by atoms with Gasteiger partial charge in [-0.25, -0.2) is 0 Å². The minimum absolute atomic E-state index is 0.792. The molecule has 0 heterocycles. The highest BCUT2D eigenvalue weighted by molar-refractivity contribution is 6.32. The molecule has 2 rings (SSSR count). The lowest BCUT2D eigenvalue weighted by Gasteiger charge is -2.08. The molecular formula is C9H10Cl. The van der Waals surface area contributed by atoms with Crippen LogP contribution in [0.1, 0.15) is 19.3 Å². The van der Waals surface area contributed by atoms with Crippen LogP contribution in [-0.4, -0.2) is 0 Å². The van der Waals surface area contributed by atoms with Crippen LogP contribution in [0.25, 0.3) is 0 Å². The Hall–Kier alpha value is -0.230. The average molecular weight is 154 g/mol. The molecule has 0 aliphatic heterocycles. The van der Waals surface area contributed by atoms with Gasteiger partial charge in [-0.15, -0.1) is 0 Å². The molecule has 0 saturated heterocycles. The van der Waals surface area contributed by atoms with Crippen molar-refractivity contribution in [2.24, 2.45) is 5.92 Å². The highest BCUT2D eigenvalue weighted by Crippen LogP contribution is 2.42. The van der Waals surface area contributed by atoms with E-state index in [1.165, 1.54) is 18.4 Å². The third-order valence-corrected chi connectivity index (χ3v) is 2.40. The van der Waals surface area contributed by atoms with Crippen molar-refractivity contribution in [3.63, 3.8) is 0 Å². The Morgan fingerprint density at radius 3 is 2.80 bits per heavy atom. The molecule has 1 fully saturated rings. The summed E-state index contributed by atoms with van der Waals surface area (Å²) in [5, 5.41) is 0.991. The van der Waals surface area contributed by atoms with Gasteiger partial charge in [0.25, 0.3) is 0 Å². The molecule has 0 aromatic heterocycles. The Kier molecular flexibility index (Phi) is 1.57. The van der Waals surface area contributed by atoms with Gasteiger partial charge in [-0.05, 0) is 37.2 Å². The second-order valence-electron chi connectivity index (χ2n) is 2.92. The molecule has 0 amide bonds. The first-order valence-corrected chi connectivity index (χ1v) is 4.15. The Labute approximate surface area is 66.6 Å². The molecule has 1 radical (unpaired) electrons. The highest BCUT2D eigenvalue weighted by atomic mass is 35.5. The van der Waals surface area contributed by atoms with E-state index >= 15 is 0 Å². The quantitative estimate of drug-likeness (QED) is 0.543. The molecule has 0 unspecified atom stereocenters. The van der Waals surface area contributed by atoms with Gasteiger partial charge in [0.1, 0.15) is 0 Å². The van der Waals surface area contributed by atoms with E-state index in [1.807, 2.05) is 0 Å². The fourth-order valence-electron chi connectivity index (χ4n) is 1.29. The minimum Gasteiger partial charge on any atom is -0.0844 e. The number of halogens is 1. The number of rotatable bonds is 1. The summed E-state index contributed by atoms with van der Waals surface area (Å²) in [6, 6.07) is 0. The molecular weight excluding hydrogens is 144 g/mol. The maximum absolute atomic E-state index is 5.99. The van der Waals surface area contributed by atoms with Crippen LogP contribution in [0.5, 0.6) is 0 Å². The second kappa shape index (κ2) is 2.43. The topological polar surface area (TPSA) is 0 Å². The van der Waals surface area contributed by atoms with Gasteiger partial charge in [0.2, 0.25) is 0 Å². The van der Waals surface area contributed by atoms with E-state index in [2.05, 4.69) is 18.6 Å². The van der Waals surface area contributed by atoms with E-state index in [0.717, 1.165) is 17.4 Å². The van der Waals surface area contributed by atoms with Gasteiger partial charge in [0.05, 0.1) is 0 Å². The number of hydrogen-bond donors (Lipinski definition) is 0. The maximum atomic E-state index is 5.99. The molecule has 2 aliphatic carbocycles. The van der Waals surface area contributed by atoms with Gasteiger partial charge in [0, 0.05) is 5.03 Å². The fraction of sp³-hybridized carbons (Fsp3) is 0.444. The summed E-state index contributed by atoms with van der Waals surface area (Å²) in [6.45, 7) is 0. The summed E-state index contributed by atoms with van der Waals surface area (Å²) in [5.41, 5.74) is 1.37. The first-order chi connectivity index (χ1) is 4.88. The van der Waals surface area contributed by atoms with Crippen LogP contribution in [0.15, 0.2) is 22.8 Å². The van der Waals surface area contributed by atoms with Crippen LogP contribution in [0.2, 0.25) is 0 Å². The molecule has 0 N–H and O–H groups in total. The van der Waals surface area contributed by atoms with Crippen molar-refractivity contribution in [1.82, 2.24) is 0 Å². The smallest absolute Gasteiger partial charge is 0.0398 e. The highest BCUT2D eigenvalue weighted by Gasteiger charge is 2.27. The summed E-state index contributed by atoms with van der Waals surface area (Å²) in [6.07, 6.45) is 10.1. The average Bonchev–Trinajstić information content (AvgIpc) is 2.71. The van der Waals surface area contributed by atoms with Crippen molar-refractivity contribution < 1.29 is 0 Å². The lowest BCUT2D eigenvalue weighted by Crippen LogP contribution is -1.91. The molecule has 53 valence electrons. The van der Waals surface area contributed by atoms with Gasteiger partial charge in [-0.2, -0.15) is 0 Å². The van der Waals surface area contributed by atoms with E-state index in [4.69, 9.17) is 11.6 Å². The first kappa shape index (κ1) is 6.48. The Morgan fingerprint density at radius 2 is 2.20 bits per heavy atom. The van der Waals surface area contributed by atoms with Gasteiger partial charge in [-0.1, -0.05) is 23.8 Å². The summed E-state index contributed by atoms with van der Waals surface area (Å²) < 4.78 is 0. The normalized spacial score (nSPS) is 25.7. The minimum atomic E-state index is 0.792. The van der Waals surface area contributed by atoms with E-state index < -0.39 is 0 Å². The summed E-state index contributed by atoms with van der Waals surface area (Å²) in [4.78, 5) is 0. The van der Waals surface area contributed by atoms with Crippen molar-refractivity contribution in [2.45, 2.75) is 19.3 Å². The molecule has 0 aromatic carbocycles. The Bertz CT molecular complexity index is 197. The second-order valence-corrected chi connectivity index (χ2v) is 3.33.